The Kier molecular flexibility index (Phi) is 6.16. The number of carbonyl (C=O) groups excluding carboxylic acids is 2. The molecule has 0 unspecified atom stereocenters. The Labute approximate surface area is 170 Å². The molecule has 0 radical (unpaired) electrons. The van der Waals surface area contributed by atoms with Gasteiger partial charge in [0.15, 0.2) is 11.5 Å². The third kappa shape index (κ3) is 3.94. The minimum Gasteiger partial charge on any atom is -0.493 e. The van der Waals surface area contributed by atoms with Gasteiger partial charge in [-0.05, 0) is 42.2 Å². The molecule has 0 spiro atoms. The van der Waals surface area contributed by atoms with E-state index in [1.54, 1.807) is 25.3 Å². The van der Waals surface area contributed by atoms with Crippen molar-refractivity contribution < 1.29 is 19.1 Å². The zero-order chi connectivity index (χ0) is 20.9. The fourth-order valence-corrected chi connectivity index (χ4v) is 3.25. The first-order valence-corrected chi connectivity index (χ1v) is 9.62. The van der Waals surface area contributed by atoms with Gasteiger partial charge in [-0.1, -0.05) is 44.2 Å². The van der Waals surface area contributed by atoms with Crippen LogP contribution < -0.4 is 14.8 Å². The minimum absolute atomic E-state index is 0.400. The Morgan fingerprint density at radius 2 is 1.86 bits per heavy atom. The average molecular weight is 395 g/mol. The number of hydrogen-bond acceptors (Lipinski definition) is 5. The van der Waals surface area contributed by atoms with Gasteiger partial charge in [-0.2, -0.15) is 5.10 Å². The highest BCUT2D eigenvalue weighted by atomic mass is 16.5. The molecular weight excluding hydrogens is 370 g/mol. The summed E-state index contributed by atoms with van der Waals surface area (Å²) in [6.45, 7) is 4.43. The summed E-state index contributed by atoms with van der Waals surface area (Å²) in [6.07, 6.45) is 2.75. The first-order chi connectivity index (χ1) is 14.1. The number of ether oxygens (including phenoxy) is 2. The van der Waals surface area contributed by atoms with Crippen molar-refractivity contribution in [3.8, 4) is 11.5 Å². The van der Waals surface area contributed by atoms with E-state index in [-0.39, 0.29) is 0 Å². The lowest BCUT2D eigenvalue weighted by molar-refractivity contribution is -0.131. The lowest BCUT2D eigenvalue weighted by atomic mass is 9.87. The van der Waals surface area contributed by atoms with Gasteiger partial charge in [0.05, 0.1) is 19.9 Å². The van der Waals surface area contributed by atoms with E-state index < -0.39 is 17.5 Å². The molecule has 7 heteroatoms. The third-order valence-electron chi connectivity index (χ3n) is 4.84. The van der Waals surface area contributed by atoms with Crippen molar-refractivity contribution in [2.75, 3.05) is 13.7 Å². The average Bonchev–Trinajstić information content (AvgIpc) is 3.01. The number of methoxy groups -OCH3 is 1. The monoisotopic (exact) mass is 395 g/mol. The molecule has 1 aliphatic rings. The van der Waals surface area contributed by atoms with Gasteiger partial charge in [0.2, 0.25) is 0 Å². The number of hydrazone groups is 1. The Morgan fingerprint density at radius 1 is 1.10 bits per heavy atom. The molecule has 1 aliphatic heterocycles. The minimum atomic E-state index is -1.11. The number of hydrogen-bond donors (Lipinski definition) is 1. The zero-order valence-electron chi connectivity index (χ0n) is 16.8. The van der Waals surface area contributed by atoms with Crippen LogP contribution in [-0.2, 0) is 10.3 Å². The maximum atomic E-state index is 13.1. The fraction of sp³-hybridized carbons (Fsp3) is 0.318. The molecule has 1 heterocycles. The highest BCUT2D eigenvalue weighted by Gasteiger charge is 2.51. The van der Waals surface area contributed by atoms with Crippen LogP contribution in [0.15, 0.2) is 53.6 Å². The van der Waals surface area contributed by atoms with Crippen molar-refractivity contribution in [1.29, 1.82) is 0 Å². The summed E-state index contributed by atoms with van der Waals surface area (Å²) >= 11 is 0. The van der Waals surface area contributed by atoms with Gasteiger partial charge < -0.3 is 14.8 Å². The highest BCUT2D eigenvalue weighted by molar-refractivity contribution is 6.07. The van der Waals surface area contributed by atoms with Gasteiger partial charge in [0.1, 0.15) is 5.54 Å². The van der Waals surface area contributed by atoms with Crippen molar-refractivity contribution in [2.45, 2.75) is 32.2 Å². The number of amides is 3. The van der Waals surface area contributed by atoms with Crippen LogP contribution in [0, 0.1) is 0 Å². The topological polar surface area (TPSA) is 80.2 Å². The second-order valence-electron chi connectivity index (χ2n) is 6.68. The van der Waals surface area contributed by atoms with E-state index in [2.05, 4.69) is 10.4 Å². The van der Waals surface area contributed by atoms with Crippen LogP contribution in [0.2, 0.25) is 0 Å². The molecule has 1 saturated heterocycles. The quantitative estimate of drug-likeness (QED) is 0.546. The molecular formula is C22H25N3O4. The molecule has 0 aliphatic carbocycles. The van der Waals surface area contributed by atoms with Crippen molar-refractivity contribution in [3.63, 3.8) is 0 Å². The number of carbonyl (C=O) groups is 2. The number of nitrogens with zero attached hydrogens (tertiary/aromatic N) is 2. The zero-order valence-corrected chi connectivity index (χ0v) is 16.8. The molecule has 1 atom stereocenters. The summed E-state index contributed by atoms with van der Waals surface area (Å²) in [6, 6.07) is 14.0. The molecule has 1 N–H and O–H groups in total. The van der Waals surface area contributed by atoms with Crippen LogP contribution in [0.4, 0.5) is 4.79 Å². The molecule has 2 aromatic carbocycles. The van der Waals surface area contributed by atoms with E-state index in [4.69, 9.17) is 9.47 Å². The molecule has 7 nitrogen and oxygen atoms in total. The summed E-state index contributed by atoms with van der Waals surface area (Å²) < 4.78 is 11.0. The standard InChI is InChI=1S/C22H25N3O4/c1-4-13-29-19-14-16(11-12-18(19)28-3)15-23-25-20(26)22(5-2,24-21(25)27)17-9-7-6-8-10-17/h6-12,14-15H,4-5,13H2,1-3H3,(H,24,27)/b23-15-/t22-/m0/s1. The summed E-state index contributed by atoms with van der Waals surface area (Å²) in [4.78, 5) is 25.6. The van der Waals surface area contributed by atoms with Crippen molar-refractivity contribution in [3.05, 3.63) is 59.7 Å². The van der Waals surface area contributed by atoms with E-state index in [0.29, 0.717) is 30.1 Å². The molecule has 29 heavy (non-hydrogen) atoms. The Hall–Kier alpha value is -3.35. The first kappa shape index (κ1) is 20.4. The van der Waals surface area contributed by atoms with Gasteiger partial charge in [-0.15, -0.1) is 5.01 Å². The Balaban J connectivity index is 1.86. The van der Waals surface area contributed by atoms with Gasteiger partial charge in [0.25, 0.3) is 5.91 Å². The van der Waals surface area contributed by atoms with E-state index in [1.165, 1.54) is 6.21 Å². The van der Waals surface area contributed by atoms with Gasteiger partial charge >= 0.3 is 6.03 Å². The van der Waals surface area contributed by atoms with Gasteiger partial charge in [0, 0.05) is 0 Å². The fourth-order valence-electron chi connectivity index (χ4n) is 3.25. The van der Waals surface area contributed by atoms with Crippen molar-refractivity contribution in [2.24, 2.45) is 5.10 Å². The number of nitrogens with one attached hydrogen (secondary N) is 1. The number of rotatable bonds is 8. The van der Waals surface area contributed by atoms with Crippen LogP contribution in [0.25, 0.3) is 0 Å². The van der Waals surface area contributed by atoms with Gasteiger partial charge in [-0.25, -0.2) is 4.79 Å². The smallest absolute Gasteiger partial charge is 0.346 e. The maximum Gasteiger partial charge on any atom is 0.346 e. The Bertz CT molecular complexity index is 914. The summed E-state index contributed by atoms with van der Waals surface area (Å²) in [5.74, 6) is 0.797. The second-order valence-corrected chi connectivity index (χ2v) is 6.68. The SMILES string of the molecule is CCCOc1cc(/C=N\N2C(=O)N[C@@](CC)(c3ccccc3)C2=O)ccc1OC. The van der Waals surface area contributed by atoms with E-state index in [9.17, 15) is 9.59 Å². The predicted octanol–water partition coefficient (Wildman–Crippen LogP) is 3.68. The van der Waals surface area contributed by atoms with E-state index in [0.717, 1.165) is 17.0 Å². The molecule has 0 bridgehead atoms. The normalized spacial score (nSPS) is 18.9. The molecule has 0 saturated carbocycles. The summed E-state index contributed by atoms with van der Waals surface area (Å²) in [7, 11) is 1.57. The number of benzene rings is 2. The van der Waals surface area contributed by atoms with Gasteiger partial charge in [-0.3, -0.25) is 4.79 Å². The largest absolute Gasteiger partial charge is 0.493 e. The first-order valence-electron chi connectivity index (χ1n) is 9.62. The molecule has 2 aromatic rings. The highest BCUT2D eigenvalue weighted by Crippen LogP contribution is 2.32. The van der Waals surface area contributed by atoms with Crippen molar-refractivity contribution >= 4 is 18.2 Å². The lowest BCUT2D eigenvalue weighted by Gasteiger charge is -2.24. The number of urea groups is 1. The molecule has 152 valence electrons. The molecule has 0 aromatic heterocycles. The van der Waals surface area contributed by atoms with E-state index >= 15 is 0 Å². The van der Waals surface area contributed by atoms with E-state index in [1.807, 2.05) is 44.2 Å². The number of imide groups is 1. The summed E-state index contributed by atoms with van der Waals surface area (Å²) in [5, 5.41) is 7.84. The van der Waals surface area contributed by atoms with Crippen molar-refractivity contribution in [1.82, 2.24) is 10.3 Å². The summed E-state index contributed by atoms with van der Waals surface area (Å²) in [5.41, 5.74) is 0.315. The second kappa shape index (κ2) is 8.77. The van der Waals surface area contributed by atoms with Crippen LogP contribution in [-0.4, -0.2) is 36.9 Å². The molecule has 1 fully saturated rings. The van der Waals surface area contributed by atoms with Crippen LogP contribution >= 0.6 is 0 Å². The third-order valence-corrected chi connectivity index (χ3v) is 4.84. The lowest BCUT2D eigenvalue weighted by Crippen LogP contribution is -2.43. The molecule has 3 rings (SSSR count). The van der Waals surface area contributed by atoms with Crippen LogP contribution in [0.3, 0.4) is 0 Å². The Morgan fingerprint density at radius 3 is 2.52 bits per heavy atom. The van der Waals surface area contributed by atoms with Crippen LogP contribution in [0.5, 0.6) is 11.5 Å². The molecule has 3 amide bonds. The maximum absolute atomic E-state index is 13.1. The van der Waals surface area contributed by atoms with Crippen LogP contribution in [0.1, 0.15) is 37.8 Å². The predicted molar refractivity (Wildman–Crippen MR) is 110 cm³/mol.